The predicted molar refractivity (Wildman–Crippen MR) is 261 cm³/mol. The molecule has 0 aromatic rings. The molecule has 17 nitrogen and oxygen atoms in total. The molecule has 0 heterocycles. The number of phosphoric ester groups is 2. The number of carbonyl (C=O) groups is 2. The summed E-state index contributed by atoms with van der Waals surface area (Å²) in [4.78, 5) is 54.3. The molecule has 6 unspecified atom stereocenters. The number of esters is 2. The van der Waals surface area contributed by atoms with E-state index in [0.717, 1.165) is 70.6 Å². The van der Waals surface area contributed by atoms with Crippen molar-refractivity contribution < 1.29 is 82.0 Å². The molecule has 68 heavy (non-hydrogen) atoms. The van der Waals surface area contributed by atoms with Gasteiger partial charge in [-0.3, -0.25) is 23.2 Å². The van der Waals surface area contributed by atoms with Crippen LogP contribution in [0.2, 0.25) is 0 Å². The Labute approximate surface area is 404 Å². The summed E-state index contributed by atoms with van der Waals surface area (Å²) in [6.07, 6.45) is 28.7. The lowest BCUT2D eigenvalue weighted by Crippen LogP contribution is -2.64. The molecule has 19 heteroatoms. The first-order valence-electron chi connectivity index (χ1n) is 24.6. The van der Waals surface area contributed by atoms with E-state index in [4.69, 9.17) is 18.5 Å². The van der Waals surface area contributed by atoms with E-state index in [0.29, 0.717) is 25.7 Å². The van der Waals surface area contributed by atoms with Crippen LogP contribution in [0.5, 0.6) is 0 Å². The van der Waals surface area contributed by atoms with E-state index in [1.165, 1.54) is 38.5 Å². The van der Waals surface area contributed by atoms with E-state index in [1.807, 2.05) is 12.2 Å². The first-order chi connectivity index (χ1) is 32.5. The fourth-order valence-electron chi connectivity index (χ4n) is 6.95. The Bertz CT molecular complexity index is 1610. The van der Waals surface area contributed by atoms with Gasteiger partial charge in [-0.25, -0.2) is 9.13 Å². The standard InChI is InChI=1S/C49H84O17P2/c1-3-5-7-9-11-13-14-15-16-17-18-19-20-22-24-28-32-36-42(51)62-38-41(39-63-68(60,61)66-49-46(55)44(53)45(54)48(47(49)56)65-67(57,58)59)64-43(52)37-33-29-25-27-31-35-40(50)34-30-26-23-21-12-10-8-6-4-2/h11-13,15-16,21,25-27,30-31,35,40-41,44-50,53-56H,3-10,14,17-20,22-24,28-29,32-34,36-39H2,1-2H3,(H,60,61)(H2,57,58,59)/b13-11-,16-15-,21-12-,27-25+,30-26-,35-31-/t40?,41-,44?,45?,46?,47?,48-,49+/m1/s1. The van der Waals surface area contributed by atoms with Crippen molar-refractivity contribution in [3.8, 4) is 0 Å². The molecule has 0 bridgehead atoms. The molecule has 0 amide bonds. The Morgan fingerprint density at radius 2 is 1.04 bits per heavy atom. The maximum Gasteiger partial charge on any atom is 0.472 e. The highest BCUT2D eigenvalue weighted by molar-refractivity contribution is 7.47. The Morgan fingerprint density at radius 1 is 0.544 bits per heavy atom. The highest BCUT2D eigenvalue weighted by atomic mass is 31.2. The first-order valence-corrected chi connectivity index (χ1v) is 27.6. The predicted octanol–water partition coefficient (Wildman–Crippen LogP) is 8.59. The number of hydrogen-bond acceptors (Lipinski definition) is 14. The summed E-state index contributed by atoms with van der Waals surface area (Å²) in [5, 5.41) is 51.4. The normalized spacial score (nSPS) is 22.3. The maximum absolute atomic E-state index is 13.0. The number of hydrogen-bond donors (Lipinski definition) is 8. The van der Waals surface area contributed by atoms with Crippen molar-refractivity contribution in [1.29, 1.82) is 0 Å². The third-order valence-corrected chi connectivity index (χ3v) is 12.3. The van der Waals surface area contributed by atoms with Crippen LogP contribution in [0.1, 0.15) is 162 Å². The van der Waals surface area contributed by atoms with E-state index in [2.05, 4.69) is 54.8 Å². The number of unbranched alkanes of at least 4 members (excludes halogenated alkanes) is 14. The van der Waals surface area contributed by atoms with Crippen molar-refractivity contribution >= 4 is 27.6 Å². The first kappa shape index (κ1) is 63.4. The Hall–Kier alpha value is -2.60. The number of phosphoric acid groups is 2. The minimum Gasteiger partial charge on any atom is -0.462 e. The Morgan fingerprint density at radius 3 is 1.62 bits per heavy atom. The molecule has 9 atom stereocenters. The van der Waals surface area contributed by atoms with Gasteiger partial charge in [0.05, 0.1) is 12.7 Å². The van der Waals surface area contributed by atoms with Crippen LogP contribution in [-0.2, 0) is 41.8 Å². The van der Waals surface area contributed by atoms with Crippen LogP contribution in [0, 0.1) is 0 Å². The van der Waals surface area contributed by atoms with Crippen molar-refractivity contribution in [2.75, 3.05) is 13.2 Å². The average molecular weight is 1010 g/mol. The van der Waals surface area contributed by atoms with E-state index in [-0.39, 0.29) is 12.8 Å². The van der Waals surface area contributed by atoms with E-state index in [1.54, 1.807) is 24.3 Å². The van der Waals surface area contributed by atoms with Gasteiger partial charge >= 0.3 is 27.6 Å². The SMILES string of the molecule is CCCCC/C=C\C/C=C\CCCCCCCCCC(=O)OC[C@H](COP(=O)(O)O[C@H]1C(O)C(O)C(O)[C@@H](OP(=O)(O)O)C1O)OC(=O)CCC/C=C/C=C\C(O)C/C=C\C/C=C\CCCCC. The van der Waals surface area contributed by atoms with Gasteiger partial charge in [-0.1, -0.05) is 145 Å². The summed E-state index contributed by atoms with van der Waals surface area (Å²) in [6.45, 7) is 2.93. The fraction of sp³-hybridized carbons (Fsp3) is 0.714. The molecule has 1 rings (SSSR count). The number of allylic oxidation sites excluding steroid dienone is 10. The van der Waals surface area contributed by atoms with Crippen molar-refractivity contribution in [1.82, 2.24) is 0 Å². The molecule has 1 aliphatic carbocycles. The molecule has 1 saturated carbocycles. The van der Waals surface area contributed by atoms with Crippen molar-refractivity contribution in [3.05, 3.63) is 72.9 Å². The van der Waals surface area contributed by atoms with E-state index < -0.39 is 89.6 Å². The molecule has 1 fully saturated rings. The van der Waals surface area contributed by atoms with Gasteiger partial charge in [-0.05, 0) is 77.0 Å². The second-order valence-electron chi connectivity index (χ2n) is 17.0. The molecular weight excluding hydrogens is 922 g/mol. The van der Waals surface area contributed by atoms with Gasteiger partial charge in [0.15, 0.2) is 6.10 Å². The number of ether oxygens (including phenoxy) is 2. The largest absolute Gasteiger partial charge is 0.472 e. The zero-order valence-electron chi connectivity index (χ0n) is 40.4. The van der Waals surface area contributed by atoms with Gasteiger partial charge in [-0.2, -0.15) is 0 Å². The third-order valence-electron chi connectivity index (χ3n) is 10.8. The smallest absolute Gasteiger partial charge is 0.462 e. The van der Waals surface area contributed by atoms with Gasteiger partial charge in [0, 0.05) is 12.8 Å². The summed E-state index contributed by atoms with van der Waals surface area (Å²) in [5.41, 5.74) is 0. The van der Waals surface area contributed by atoms with Crippen LogP contribution in [0.15, 0.2) is 72.9 Å². The quantitative estimate of drug-likeness (QED) is 0.00938. The molecule has 0 aliphatic heterocycles. The highest BCUT2D eigenvalue weighted by Crippen LogP contribution is 2.49. The molecule has 392 valence electrons. The second kappa shape index (κ2) is 39.1. The summed E-state index contributed by atoms with van der Waals surface area (Å²) in [7, 11) is -10.7. The zero-order chi connectivity index (χ0) is 50.5. The second-order valence-corrected chi connectivity index (χ2v) is 19.6. The third kappa shape index (κ3) is 33.1. The van der Waals surface area contributed by atoms with Crippen LogP contribution in [0.4, 0.5) is 0 Å². The maximum atomic E-state index is 13.0. The summed E-state index contributed by atoms with van der Waals surface area (Å²) in [6, 6.07) is 0. The fourth-order valence-corrected chi connectivity index (χ4v) is 8.49. The van der Waals surface area contributed by atoms with Gasteiger partial charge in [0.25, 0.3) is 0 Å². The molecule has 0 aromatic heterocycles. The summed E-state index contributed by atoms with van der Waals surface area (Å²) >= 11 is 0. The number of carbonyl (C=O) groups excluding carboxylic acids is 2. The molecular formula is C49H84O17P2. The molecule has 0 spiro atoms. The summed E-state index contributed by atoms with van der Waals surface area (Å²) in [5.74, 6) is -1.35. The lowest BCUT2D eigenvalue weighted by molar-refractivity contribution is -0.216. The minimum absolute atomic E-state index is 0.0792. The van der Waals surface area contributed by atoms with Crippen LogP contribution >= 0.6 is 15.6 Å². The van der Waals surface area contributed by atoms with Crippen LogP contribution in [-0.4, -0.2) is 114 Å². The molecule has 0 radical (unpaired) electrons. The summed E-state index contributed by atoms with van der Waals surface area (Å²) < 4.78 is 49.3. The van der Waals surface area contributed by atoms with E-state index in [9.17, 15) is 58.9 Å². The highest BCUT2D eigenvalue weighted by Gasteiger charge is 2.54. The zero-order valence-corrected chi connectivity index (χ0v) is 42.2. The molecule has 0 saturated heterocycles. The van der Waals surface area contributed by atoms with Gasteiger partial charge in [-0.15, -0.1) is 0 Å². The number of aliphatic hydroxyl groups excluding tert-OH is 5. The molecule has 0 aromatic carbocycles. The van der Waals surface area contributed by atoms with Crippen LogP contribution < -0.4 is 0 Å². The minimum atomic E-state index is -5.39. The molecule has 8 N–H and O–H groups in total. The van der Waals surface area contributed by atoms with Crippen molar-refractivity contribution in [3.63, 3.8) is 0 Å². The topological polar surface area (TPSA) is 276 Å². The Kier molecular flexibility index (Phi) is 36.4. The van der Waals surface area contributed by atoms with Crippen molar-refractivity contribution in [2.24, 2.45) is 0 Å². The number of rotatable bonds is 40. The Balaban J connectivity index is 2.66. The lowest BCUT2D eigenvalue weighted by atomic mass is 9.85. The number of aliphatic hydroxyl groups is 5. The van der Waals surface area contributed by atoms with Gasteiger partial charge in [0.2, 0.25) is 0 Å². The van der Waals surface area contributed by atoms with Gasteiger partial charge < -0.3 is 49.7 Å². The van der Waals surface area contributed by atoms with E-state index >= 15 is 0 Å². The van der Waals surface area contributed by atoms with Gasteiger partial charge in [0.1, 0.15) is 43.2 Å². The average Bonchev–Trinajstić information content (AvgIpc) is 3.29. The van der Waals surface area contributed by atoms with Crippen LogP contribution in [0.25, 0.3) is 0 Å². The molecule has 1 aliphatic rings. The van der Waals surface area contributed by atoms with Crippen molar-refractivity contribution in [2.45, 2.75) is 210 Å². The monoisotopic (exact) mass is 1010 g/mol. The van der Waals surface area contributed by atoms with Crippen LogP contribution in [0.3, 0.4) is 0 Å². The lowest BCUT2D eigenvalue weighted by Gasteiger charge is -2.43.